The molecule has 0 saturated carbocycles. The van der Waals surface area contributed by atoms with E-state index in [1.807, 2.05) is 0 Å². The molecule has 2 rings (SSSR count). The quantitative estimate of drug-likeness (QED) is 0.845. The second-order valence-corrected chi connectivity index (χ2v) is 4.58. The van der Waals surface area contributed by atoms with Crippen LogP contribution in [0.2, 0.25) is 5.02 Å². The van der Waals surface area contributed by atoms with Gasteiger partial charge in [0.2, 0.25) is 0 Å². The van der Waals surface area contributed by atoms with Crippen LogP contribution in [0, 0.1) is 11.6 Å². The Morgan fingerprint density at radius 2 is 2.24 bits per heavy atom. The number of rotatable bonds is 3. The van der Waals surface area contributed by atoms with Crippen LogP contribution in [-0.4, -0.2) is 19.7 Å². The summed E-state index contributed by atoms with van der Waals surface area (Å²) in [7, 11) is 1.23. The molecule has 5 heteroatoms. The van der Waals surface area contributed by atoms with E-state index < -0.39 is 17.4 Å². The van der Waals surface area contributed by atoms with E-state index >= 15 is 0 Å². The molecule has 1 N–H and O–H groups in total. The molecule has 1 heterocycles. The maximum absolute atomic E-state index is 13.9. The highest BCUT2D eigenvalue weighted by molar-refractivity contribution is 6.31. The average Bonchev–Trinajstić information content (AvgIpc) is 2.79. The zero-order chi connectivity index (χ0) is 12.4. The Labute approximate surface area is 104 Å². The monoisotopic (exact) mass is 261 g/mol. The van der Waals surface area contributed by atoms with Gasteiger partial charge in [0.05, 0.1) is 12.1 Å². The van der Waals surface area contributed by atoms with Crippen molar-refractivity contribution < 1.29 is 13.5 Å². The molecule has 0 bridgehead atoms. The molecule has 1 unspecified atom stereocenters. The number of ether oxygens (including phenoxy) is 1. The SMILES string of the molecule is COc1c(F)c(Cl)cc(CC2CCCN2)c1F. The summed E-state index contributed by atoms with van der Waals surface area (Å²) in [5.41, 5.74) is 0.396. The maximum atomic E-state index is 13.9. The van der Waals surface area contributed by atoms with Crippen LogP contribution in [0.1, 0.15) is 18.4 Å². The van der Waals surface area contributed by atoms with Gasteiger partial charge in [-0.1, -0.05) is 11.6 Å². The van der Waals surface area contributed by atoms with Crippen LogP contribution in [0.5, 0.6) is 5.75 Å². The van der Waals surface area contributed by atoms with Crippen LogP contribution < -0.4 is 10.1 Å². The smallest absolute Gasteiger partial charge is 0.192 e. The summed E-state index contributed by atoms with van der Waals surface area (Å²) < 4.78 is 32.1. The molecule has 2 nitrogen and oxygen atoms in total. The van der Waals surface area contributed by atoms with Crippen LogP contribution in [0.15, 0.2) is 6.07 Å². The molecule has 1 aliphatic heterocycles. The Morgan fingerprint density at radius 1 is 1.47 bits per heavy atom. The second kappa shape index (κ2) is 5.19. The van der Waals surface area contributed by atoms with Crippen LogP contribution in [-0.2, 0) is 6.42 Å². The fourth-order valence-electron chi connectivity index (χ4n) is 2.15. The summed E-state index contributed by atoms with van der Waals surface area (Å²) in [4.78, 5) is 0. The van der Waals surface area contributed by atoms with Crippen molar-refractivity contribution in [3.05, 3.63) is 28.3 Å². The van der Waals surface area contributed by atoms with Gasteiger partial charge in [0.15, 0.2) is 17.4 Å². The number of hydrogen-bond acceptors (Lipinski definition) is 2. The normalized spacial score (nSPS) is 19.6. The van der Waals surface area contributed by atoms with Crippen molar-refractivity contribution in [3.63, 3.8) is 0 Å². The fourth-order valence-corrected chi connectivity index (χ4v) is 2.37. The zero-order valence-corrected chi connectivity index (χ0v) is 10.3. The number of nitrogens with one attached hydrogen (secondary N) is 1. The number of hydrogen-bond donors (Lipinski definition) is 1. The highest BCUT2D eigenvalue weighted by Crippen LogP contribution is 2.31. The lowest BCUT2D eigenvalue weighted by Gasteiger charge is -2.14. The molecule has 1 atom stereocenters. The predicted molar refractivity (Wildman–Crippen MR) is 62.6 cm³/mol. The molecular formula is C12H14ClF2NO. The molecule has 94 valence electrons. The highest BCUT2D eigenvalue weighted by Gasteiger charge is 2.22. The molecule has 17 heavy (non-hydrogen) atoms. The van der Waals surface area contributed by atoms with E-state index in [1.54, 1.807) is 0 Å². The minimum atomic E-state index is -0.838. The van der Waals surface area contributed by atoms with E-state index in [4.69, 9.17) is 16.3 Å². The Morgan fingerprint density at radius 3 is 2.82 bits per heavy atom. The topological polar surface area (TPSA) is 21.3 Å². The lowest BCUT2D eigenvalue weighted by Crippen LogP contribution is -2.24. The van der Waals surface area contributed by atoms with Gasteiger partial charge in [-0.3, -0.25) is 0 Å². The molecular weight excluding hydrogens is 248 g/mol. The van der Waals surface area contributed by atoms with Gasteiger partial charge in [-0.2, -0.15) is 0 Å². The zero-order valence-electron chi connectivity index (χ0n) is 9.53. The molecule has 1 saturated heterocycles. The van der Waals surface area contributed by atoms with Gasteiger partial charge in [0.25, 0.3) is 0 Å². The van der Waals surface area contributed by atoms with E-state index in [9.17, 15) is 8.78 Å². The Bertz CT molecular complexity index is 419. The Hall–Kier alpha value is -0.870. The van der Waals surface area contributed by atoms with E-state index in [2.05, 4.69) is 5.32 Å². The van der Waals surface area contributed by atoms with Crippen LogP contribution in [0.3, 0.4) is 0 Å². The van der Waals surface area contributed by atoms with Crippen molar-refractivity contribution in [1.29, 1.82) is 0 Å². The van der Waals surface area contributed by atoms with E-state index in [1.165, 1.54) is 13.2 Å². The molecule has 1 aromatic carbocycles. The first-order valence-electron chi connectivity index (χ1n) is 5.57. The number of benzene rings is 1. The summed E-state index contributed by atoms with van der Waals surface area (Å²) in [6.45, 7) is 0.943. The van der Waals surface area contributed by atoms with Crippen LogP contribution >= 0.6 is 11.6 Å². The van der Waals surface area contributed by atoms with Gasteiger partial charge < -0.3 is 10.1 Å². The average molecular weight is 262 g/mol. The summed E-state index contributed by atoms with van der Waals surface area (Å²) in [6.07, 6.45) is 2.58. The molecule has 0 radical (unpaired) electrons. The van der Waals surface area contributed by atoms with Crippen molar-refractivity contribution in [1.82, 2.24) is 5.32 Å². The molecule has 0 spiro atoms. The lowest BCUT2D eigenvalue weighted by atomic mass is 10.0. The third-order valence-corrected chi connectivity index (χ3v) is 3.30. The second-order valence-electron chi connectivity index (χ2n) is 4.18. The van der Waals surface area contributed by atoms with E-state index in [0.717, 1.165) is 19.4 Å². The molecule has 1 aliphatic rings. The predicted octanol–water partition coefficient (Wildman–Crippen LogP) is 2.92. The Balaban J connectivity index is 2.30. The first-order chi connectivity index (χ1) is 8.13. The summed E-state index contributed by atoms with van der Waals surface area (Å²) >= 11 is 5.71. The minimum Gasteiger partial charge on any atom is -0.491 e. The number of methoxy groups -OCH3 is 1. The summed E-state index contributed by atoms with van der Waals surface area (Å²) in [5.74, 6) is -1.89. The molecule has 0 aromatic heterocycles. The maximum Gasteiger partial charge on any atom is 0.192 e. The number of halogens is 3. The molecule has 0 aliphatic carbocycles. The van der Waals surface area contributed by atoms with Gasteiger partial charge in [-0.15, -0.1) is 0 Å². The third kappa shape index (κ3) is 2.53. The minimum absolute atomic E-state index is 0.101. The van der Waals surface area contributed by atoms with Crippen molar-refractivity contribution in [2.24, 2.45) is 0 Å². The largest absolute Gasteiger partial charge is 0.491 e. The van der Waals surface area contributed by atoms with Gasteiger partial charge in [0, 0.05) is 6.04 Å². The lowest BCUT2D eigenvalue weighted by molar-refractivity contribution is 0.357. The van der Waals surface area contributed by atoms with Crippen molar-refractivity contribution in [2.75, 3.05) is 13.7 Å². The summed E-state index contributed by atoms with van der Waals surface area (Å²) in [5, 5.41) is 3.16. The van der Waals surface area contributed by atoms with Gasteiger partial charge in [-0.05, 0) is 37.4 Å². The third-order valence-electron chi connectivity index (χ3n) is 3.02. The van der Waals surface area contributed by atoms with E-state index in [0.29, 0.717) is 12.0 Å². The molecule has 1 fully saturated rings. The summed E-state index contributed by atoms with van der Waals surface area (Å²) in [6, 6.07) is 1.57. The van der Waals surface area contributed by atoms with Crippen molar-refractivity contribution in [2.45, 2.75) is 25.3 Å². The van der Waals surface area contributed by atoms with Crippen molar-refractivity contribution in [3.8, 4) is 5.75 Å². The van der Waals surface area contributed by atoms with Gasteiger partial charge in [0.1, 0.15) is 0 Å². The first kappa shape index (κ1) is 12.6. The van der Waals surface area contributed by atoms with Gasteiger partial charge >= 0.3 is 0 Å². The van der Waals surface area contributed by atoms with Crippen LogP contribution in [0.4, 0.5) is 8.78 Å². The van der Waals surface area contributed by atoms with E-state index in [-0.39, 0.29) is 11.1 Å². The Kier molecular flexibility index (Phi) is 3.84. The highest BCUT2D eigenvalue weighted by atomic mass is 35.5. The molecule has 1 aromatic rings. The van der Waals surface area contributed by atoms with Crippen LogP contribution in [0.25, 0.3) is 0 Å². The molecule has 0 amide bonds. The fraction of sp³-hybridized carbons (Fsp3) is 0.500. The first-order valence-corrected chi connectivity index (χ1v) is 5.95. The van der Waals surface area contributed by atoms with Gasteiger partial charge in [-0.25, -0.2) is 8.78 Å². The standard InChI is InChI=1S/C12H14ClF2NO/c1-17-12-10(14)7(6-9(13)11(12)15)5-8-3-2-4-16-8/h6,8,16H,2-5H2,1H3. The van der Waals surface area contributed by atoms with Crippen molar-refractivity contribution >= 4 is 11.6 Å².